The van der Waals surface area contributed by atoms with Crippen LogP contribution in [0.15, 0.2) is 0 Å². The first-order valence-electron chi connectivity index (χ1n) is 8.03. The van der Waals surface area contributed by atoms with Crippen LogP contribution < -0.4 is 0 Å². The van der Waals surface area contributed by atoms with Crippen molar-refractivity contribution in [2.45, 2.75) is 64.1 Å². The van der Waals surface area contributed by atoms with Crippen molar-refractivity contribution in [3.63, 3.8) is 0 Å². The zero-order valence-electron chi connectivity index (χ0n) is 13.8. The molecule has 1 unspecified atom stereocenters. The molecule has 2 fully saturated rings. The maximum absolute atomic E-state index is 12.1. The number of likely N-dealkylation sites (tertiary alicyclic amines) is 1. The molecular weight excluding hydrogens is 286 g/mol. The van der Waals surface area contributed by atoms with Crippen LogP contribution in [0.3, 0.4) is 0 Å². The molecule has 6 nitrogen and oxygen atoms in total. The van der Waals surface area contributed by atoms with Crippen molar-refractivity contribution in [2.24, 2.45) is 5.92 Å². The molecule has 22 heavy (non-hydrogen) atoms. The first-order chi connectivity index (χ1) is 10.2. The molecule has 0 aromatic heterocycles. The molecule has 1 amide bonds. The number of ether oxygens (including phenoxy) is 2. The minimum absolute atomic E-state index is 0.118. The predicted octanol–water partition coefficient (Wildman–Crippen LogP) is 2.66. The lowest BCUT2D eigenvalue weighted by Gasteiger charge is -2.45. The second-order valence-corrected chi connectivity index (χ2v) is 7.46. The van der Waals surface area contributed by atoms with Crippen LogP contribution in [0.2, 0.25) is 0 Å². The maximum Gasteiger partial charge on any atom is 0.410 e. The van der Waals surface area contributed by atoms with Gasteiger partial charge in [0.1, 0.15) is 5.60 Å². The third-order valence-electron chi connectivity index (χ3n) is 4.42. The summed E-state index contributed by atoms with van der Waals surface area (Å²) < 4.78 is 11.4. The number of piperidine rings is 1. The Labute approximate surface area is 131 Å². The molecule has 6 heteroatoms. The molecule has 0 saturated carbocycles. The second-order valence-electron chi connectivity index (χ2n) is 7.46. The van der Waals surface area contributed by atoms with E-state index < -0.39 is 11.6 Å². The molecule has 0 aromatic carbocycles. The number of carboxylic acids is 1. The lowest BCUT2D eigenvalue weighted by molar-refractivity contribution is -0.148. The fraction of sp³-hybridized carbons (Fsp3) is 0.875. The Kier molecular flexibility index (Phi) is 5.00. The summed E-state index contributed by atoms with van der Waals surface area (Å²) in [6.45, 7) is 7.38. The third kappa shape index (κ3) is 4.60. The Morgan fingerprint density at radius 3 is 2.36 bits per heavy atom. The van der Waals surface area contributed by atoms with E-state index in [1.54, 1.807) is 4.90 Å². The van der Waals surface area contributed by atoms with E-state index in [1.807, 2.05) is 20.8 Å². The lowest BCUT2D eigenvalue weighted by atomic mass is 9.81. The van der Waals surface area contributed by atoms with E-state index in [1.165, 1.54) is 0 Å². The first-order valence-corrected chi connectivity index (χ1v) is 8.03. The van der Waals surface area contributed by atoms with Crippen LogP contribution in [0.4, 0.5) is 4.79 Å². The van der Waals surface area contributed by atoms with Crippen LogP contribution in [-0.4, -0.2) is 53.0 Å². The summed E-state index contributed by atoms with van der Waals surface area (Å²) in [5.74, 6) is -0.642. The zero-order valence-corrected chi connectivity index (χ0v) is 13.8. The van der Waals surface area contributed by atoms with Crippen molar-refractivity contribution in [3.05, 3.63) is 0 Å². The molecule has 1 atom stereocenters. The average molecular weight is 313 g/mol. The molecule has 2 saturated heterocycles. The summed E-state index contributed by atoms with van der Waals surface area (Å²) in [4.78, 5) is 24.5. The van der Waals surface area contributed by atoms with Gasteiger partial charge in [0.05, 0.1) is 18.6 Å². The van der Waals surface area contributed by atoms with Crippen molar-refractivity contribution in [1.29, 1.82) is 0 Å². The highest BCUT2D eigenvalue weighted by Gasteiger charge is 2.41. The van der Waals surface area contributed by atoms with E-state index in [0.717, 1.165) is 25.7 Å². The Bertz CT molecular complexity index is 411. The number of amides is 1. The van der Waals surface area contributed by atoms with Gasteiger partial charge in [-0.15, -0.1) is 0 Å². The van der Waals surface area contributed by atoms with Gasteiger partial charge in [-0.05, 0) is 52.4 Å². The first kappa shape index (κ1) is 17.1. The van der Waals surface area contributed by atoms with Crippen molar-refractivity contribution in [1.82, 2.24) is 4.90 Å². The van der Waals surface area contributed by atoms with Crippen molar-refractivity contribution >= 4 is 12.1 Å². The molecular formula is C16H27NO5. The van der Waals surface area contributed by atoms with E-state index in [9.17, 15) is 9.59 Å². The fourth-order valence-corrected chi connectivity index (χ4v) is 3.14. The van der Waals surface area contributed by atoms with Crippen LogP contribution in [0.5, 0.6) is 0 Å². The van der Waals surface area contributed by atoms with Gasteiger partial charge in [-0.2, -0.15) is 0 Å². The van der Waals surface area contributed by atoms with Crippen LogP contribution in [0, 0.1) is 5.92 Å². The quantitative estimate of drug-likeness (QED) is 0.848. The Balaban J connectivity index is 1.80. The van der Waals surface area contributed by atoms with Gasteiger partial charge in [-0.25, -0.2) is 4.79 Å². The molecule has 2 rings (SSSR count). The molecule has 0 aliphatic carbocycles. The summed E-state index contributed by atoms with van der Waals surface area (Å²) in [5.41, 5.74) is -0.648. The molecule has 0 aromatic rings. The maximum atomic E-state index is 12.1. The molecule has 1 N–H and O–H groups in total. The summed E-state index contributed by atoms with van der Waals surface area (Å²) in [5, 5.41) is 8.84. The number of hydrogen-bond acceptors (Lipinski definition) is 4. The molecule has 0 bridgehead atoms. The highest BCUT2D eigenvalue weighted by molar-refractivity contribution is 5.68. The van der Waals surface area contributed by atoms with Crippen molar-refractivity contribution in [3.8, 4) is 0 Å². The summed E-state index contributed by atoms with van der Waals surface area (Å²) in [6.07, 6.45) is 3.28. The van der Waals surface area contributed by atoms with Gasteiger partial charge in [0.15, 0.2) is 0 Å². The van der Waals surface area contributed by atoms with Gasteiger partial charge in [0, 0.05) is 13.1 Å². The summed E-state index contributed by atoms with van der Waals surface area (Å²) in [7, 11) is 0. The molecule has 126 valence electrons. The SMILES string of the molecule is CC(C)(C)OC(=O)N1CCC2(CCC(CC(=O)O)CO2)CC1. The Hall–Kier alpha value is -1.30. The largest absolute Gasteiger partial charge is 0.481 e. The van der Waals surface area contributed by atoms with Crippen LogP contribution in [0.25, 0.3) is 0 Å². The number of hydrogen-bond donors (Lipinski definition) is 1. The van der Waals surface area contributed by atoms with E-state index in [0.29, 0.717) is 19.7 Å². The van der Waals surface area contributed by atoms with Crippen LogP contribution in [-0.2, 0) is 14.3 Å². The second kappa shape index (κ2) is 6.44. The number of rotatable bonds is 2. The number of aliphatic carboxylic acids is 1. The lowest BCUT2D eigenvalue weighted by Crippen LogP contribution is -2.51. The van der Waals surface area contributed by atoms with Crippen LogP contribution in [0.1, 0.15) is 52.9 Å². The number of nitrogens with zero attached hydrogens (tertiary/aromatic N) is 1. The number of carbonyl (C=O) groups excluding carboxylic acids is 1. The van der Waals surface area contributed by atoms with E-state index >= 15 is 0 Å². The monoisotopic (exact) mass is 313 g/mol. The van der Waals surface area contributed by atoms with Crippen molar-refractivity contribution in [2.75, 3.05) is 19.7 Å². The number of carboxylic acid groups (broad SMARTS) is 1. The Morgan fingerprint density at radius 1 is 1.27 bits per heavy atom. The highest BCUT2D eigenvalue weighted by atomic mass is 16.6. The summed E-state index contributed by atoms with van der Waals surface area (Å²) in [6, 6.07) is 0. The Morgan fingerprint density at radius 2 is 1.91 bits per heavy atom. The highest BCUT2D eigenvalue weighted by Crippen LogP contribution is 2.37. The van der Waals surface area contributed by atoms with E-state index in [-0.39, 0.29) is 24.0 Å². The van der Waals surface area contributed by atoms with Gasteiger partial charge in [0.2, 0.25) is 0 Å². The van der Waals surface area contributed by atoms with Gasteiger partial charge in [-0.1, -0.05) is 0 Å². The summed E-state index contributed by atoms with van der Waals surface area (Å²) >= 11 is 0. The van der Waals surface area contributed by atoms with E-state index in [2.05, 4.69) is 0 Å². The molecule has 1 spiro atoms. The van der Waals surface area contributed by atoms with Crippen molar-refractivity contribution < 1.29 is 24.2 Å². The standard InChI is InChI=1S/C16H27NO5/c1-15(2,3)22-14(20)17-8-6-16(7-9-17)5-4-12(11-21-16)10-13(18)19/h12H,4-11H2,1-3H3,(H,18,19). The molecule has 2 aliphatic heterocycles. The zero-order chi connectivity index (χ0) is 16.4. The topological polar surface area (TPSA) is 76.1 Å². The smallest absolute Gasteiger partial charge is 0.410 e. The minimum Gasteiger partial charge on any atom is -0.481 e. The fourth-order valence-electron chi connectivity index (χ4n) is 3.14. The van der Waals surface area contributed by atoms with Gasteiger partial charge < -0.3 is 19.5 Å². The van der Waals surface area contributed by atoms with Gasteiger partial charge in [-0.3, -0.25) is 4.79 Å². The third-order valence-corrected chi connectivity index (χ3v) is 4.42. The molecule has 0 radical (unpaired) electrons. The van der Waals surface area contributed by atoms with Gasteiger partial charge >= 0.3 is 12.1 Å². The molecule has 2 aliphatic rings. The normalized spacial score (nSPS) is 25.0. The molecule has 2 heterocycles. The van der Waals surface area contributed by atoms with Gasteiger partial charge in [0.25, 0.3) is 0 Å². The predicted molar refractivity (Wildman–Crippen MR) is 80.7 cm³/mol. The average Bonchev–Trinajstić information content (AvgIpc) is 2.40. The minimum atomic E-state index is -0.760. The van der Waals surface area contributed by atoms with E-state index in [4.69, 9.17) is 14.6 Å². The number of carbonyl (C=O) groups is 2. The van der Waals surface area contributed by atoms with Crippen LogP contribution >= 0.6 is 0 Å².